The zero-order valence-electron chi connectivity index (χ0n) is 15.8. The van der Waals surface area contributed by atoms with Crippen molar-refractivity contribution in [3.63, 3.8) is 0 Å². The van der Waals surface area contributed by atoms with Gasteiger partial charge in [0.1, 0.15) is 0 Å². The highest BCUT2D eigenvalue weighted by Gasteiger charge is 2.32. The van der Waals surface area contributed by atoms with Crippen LogP contribution in [0.2, 0.25) is 0 Å². The van der Waals surface area contributed by atoms with E-state index in [1.807, 2.05) is 41.5 Å². The second-order valence-corrected chi connectivity index (χ2v) is 8.25. The van der Waals surface area contributed by atoms with Gasteiger partial charge in [-0.2, -0.15) is 0 Å². The molecule has 7 nitrogen and oxygen atoms in total. The molecule has 1 atom stereocenters. The molecule has 4 aromatic rings. The summed E-state index contributed by atoms with van der Waals surface area (Å²) in [5.74, 6) is 0.000372. The van der Waals surface area contributed by atoms with E-state index in [0.717, 1.165) is 21.7 Å². The molecule has 1 amide bonds. The number of aromatic amines is 1. The molecule has 1 aliphatic heterocycles. The summed E-state index contributed by atoms with van der Waals surface area (Å²) >= 11 is 1.61. The Morgan fingerprint density at radius 3 is 2.83 bits per heavy atom. The number of nitrogens with zero attached hydrogens (tertiary/aromatic N) is 4. The number of carbonyl (C=O) groups excluding carboxylic acids is 1. The van der Waals surface area contributed by atoms with Crippen molar-refractivity contribution in [2.75, 3.05) is 6.54 Å². The lowest BCUT2D eigenvalue weighted by molar-refractivity contribution is -0.128. The lowest BCUT2D eigenvalue weighted by Crippen LogP contribution is -2.24. The number of rotatable bonds is 4. The molecule has 1 N–H and O–H groups in total. The van der Waals surface area contributed by atoms with Crippen molar-refractivity contribution in [1.29, 1.82) is 0 Å². The van der Waals surface area contributed by atoms with Crippen molar-refractivity contribution in [2.45, 2.75) is 25.8 Å². The van der Waals surface area contributed by atoms with Crippen LogP contribution in [0.1, 0.15) is 29.2 Å². The van der Waals surface area contributed by atoms with Gasteiger partial charge >= 0.3 is 0 Å². The highest BCUT2D eigenvalue weighted by molar-refractivity contribution is 7.13. The van der Waals surface area contributed by atoms with Gasteiger partial charge in [0.25, 0.3) is 5.56 Å². The van der Waals surface area contributed by atoms with Crippen LogP contribution in [0.5, 0.6) is 0 Å². The SMILES string of the molecule is Cc1c(-c2cccs2)[nH]n2c(=O)cc([C@H]3CC(=O)N(Cc4ccncc4)C3)nc12. The molecular formula is C21H19N5O2S. The largest absolute Gasteiger partial charge is 0.338 e. The first-order valence-corrected chi connectivity index (χ1v) is 10.3. The van der Waals surface area contributed by atoms with Gasteiger partial charge in [-0.1, -0.05) is 6.07 Å². The molecule has 0 bridgehead atoms. The van der Waals surface area contributed by atoms with E-state index in [0.29, 0.717) is 30.9 Å². The van der Waals surface area contributed by atoms with Crippen LogP contribution in [0.3, 0.4) is 0 Å². The van der Waals surface area contributed by atoms with Crippen LogP contribution in [-0.2, 0) is 11.3 Å². The number of aromatic nitrogens is 4. The Morgan fingerprint density at radius 2 is 2.07 bits per heavy atom. The summed E-state index contributed by atoms with van der Waals surface area (Å²) in [5.41, 5.74) is 4.03. The summed E-state index contributed by atoms with van der Waals surface area (Å²) < 4.78 is 1.49. The number of amides is 1. The number of hydrogen-bond acceptors (Lipinski definition) is 5. The number of likely N-dealkylation sites (tertiary alicyclic amines) is 1. The number of aryl methyl sites for hydroxylation is 1. The van der Waals surface area contributed by atoms with E-state index < -0.39 is 0 Å². The average molecular weight is 405 g/mol. The van der Waals surface area contributed by atoms with Crippen molar-refractivity contribution in [3.05, 3.63) is 75.3 Å². The number of fused-ring (bicyclic) bond motifs is 1. The molecule has 146 valence electrons. The minimum atomic E-state index is -0.157. The smallest absolute Gasteiger partial charge is 0.272 e. The Morgan fingerprint density at radius 1 is 1.24 bits per heavy atom. The predicted octanol–water partition coefficient (Wildman–Crippen LogP) is 2.97. The Kier molecular flexibility index (Phi) is 4.28. The number of carbonyl (C=O) groups is 1. The van der Waals surface area contributed by atoms with Crippen LogP contribution >= 0.6 is 11.3 Å². The molecule has 29 heavy (non-hydrogen) atoms. The normalized spacial score (nSPS) is 16.8. The third-order valence-electron chi connectivity index (χ3n) is 5.40. The van der Waals surface area contributed by atoms with Crippen LogP contribution < -0.4 is 5.56 Å². The number of nitrogens with one attached hydrogen (secondary N) is 1. The summed E-state index contributed by atoms with van der Waals surface area (Å²) in [6, 6.07) is 9.36. The van der Waals surface area contributed by atoms with E-state index in [9.17, 15) is 9.59 Å². The summed E-state index contributed by atoms with van der Waals surface area (Å²) in [5, 5.41) is 5.17. The Bertz CT molecular complexity index is 1240. The van der Waals surface area contributed by atoms with Crippen LogP contribution in [0, 0.1) is 6.92 Å². The molecule has 0 saturated carbocycles. The third kappa shape index (κ3) is 3.15. The predicted molar refractivity (Wildman–Crippen MR) is 111 cm³/mol. The van der Waals surface area contributed by atoms with E-state index in [-0.39, 0.29) is 17.4 Å². The van der Waals surface area contributed by atoms with Gasteiger partial charge < -0.3 is 4.90 Å². The van der Waals surface area contributed by atoms with E-state index in [4.69, 9.17) is 4.98 Å². The maximum absolute atomic E-state index is 12.7. The molecule has 5 heterocycles. The van der Waals surface area contributed by atoms with Gasteiger partial charge in [0, 0.05) is 49.5 Å². The first-order chi connectivity index (χ1) is 14.1. The topological polar surface area (TPSA) is 83.4 Å². The van der Waals surface area contributed by atoms with E-state index in [1.165, 1.54) is 4.52 Å². The van der Waals surface area contributed by atoms with Crippen molar-refractivity contribution in [2.24, 2.45) is 0 Å². The fraction of sp³-hybridized carbons (Fsp3) is 0.238. The minimum absolute atomic E-state index is 0.0819. The molecule has 0 unspecified atom stereocenters. The highest BCUT2D eigenvalue weighted by atomic mass is 32.1. The van der Waals surface area contributed by atoms with E-state index >= 15 is 0 Å². The number of hydrogen-bond donors (Lipinski definition) is 1. The molecular weight excluding hydrogens is 386 g/mol. The molecule has 1 saturated heterocycles. The van der Waals surface area contributed by atoms with Gasteiger partial charge in [0.2, 0.25) is 5.91 Å². The Labute approximate surface area is 170 Å². The maximum Gasteiger partial charge on any atom is 0.272 e. The lowest BCUT2D eigenvalue weighted by Gasteiger charge is -2.16. The zero-order valence-corrected chi connectivity index (χ0v) is 16.6. The fourth-order valence-electron chi connectivity index (χ4n) is 3.87. The van der Waals surface area contributed by atoms with E-state index in [1.54, 1.807) is 29.8 Å². The molecule has 4 aromatic heterocycles. The van der Waals surface area contributed by atoms with Crippen molar-refractivity contribution >= 4 is 22.9 Å². The van der Waals surface area contributed by atoms with Crippen molar-refractivity contribution < 1.29 is 4.79 Å². The van der Waals surface area contributed by atoms with Gasteiger partial charge in [-0.05, 0) is 36.1 Å². The molecule has 8 heteroatoms. The maximum atomic E-state index is 12.7. The summed E-state index contributed by atoms with van der Waals surface area (Å²) in [4.78, 5) is 36.9. The second-order valence-electron chi connectivity index (χ2n) is 7.30. The van der Waals surface area contributed by atoms with Crippen LogP contribution in [0.15, 0.2) is 52.9 Å². The highest BCUT2D eigenvalue weighted by Crippen LogP contribution is 2.30. The molecule has 1 aliphatic rings. The van der Waals surface area contributed by atoms with Crippen molar-refractivity contribution in [3.8, 4) is 10.6 Å². The van der Waals surface area contributed by atoms with Crippen LogP contribution in [0.4, 0.5) is 0 Å². The van der Waals surface area contributed by atoms with Gasteiger partial charge in [0.15, 0.2) is 5.65 Å². The summed E-state index contributed by atoms with van der Waals surface area (Å²) in [7, 11) is 0. The molecule has 0 aliphatic carbocycles. The molecule has 5 rings (SSSR count). The molecule has 0 spiro atoms. The first-order valence-electron chi connectivity index (χ1n) is 9.43. The molecule has 1 fully saturated rings. The Balaban J connectivity index is 1.47. The lowest BCUT2D eigenvalue weighted by atomic mass is 10.0. The second kappa shape index (κ2) is 6.97. The average Bonchev–Trinajstić information content (AvgIpc) is 3.44. The zero-order chi connectivity index (χ0) is 20.0. The van der Waals surface area contributed by atoms with Crippen LogP contribution in [0.25, 0.3) is 16.2 Å². The quantitative estimate of drug-likeness (QED) is 0.566. The van der Waals surface area contributed by atoms with Gasteiger partial charge in [0.05, 0.1) is 16.3 Å². The standard InChI is InChI=1S/C21H19N5O2S/c1-13-20(17-3-2-8-29-17)24-26-19(28)10-16(23-21(13)26)15-9-18(27)25(12-15)11-14-4-6-22-7-5-14/h2-8,10,15,24H,9,11-12H2,1H3/t15-/m0/s1. The fourth-order valence-corrected chi connectivity index (χ4v) is 4.65. The van der Waals surface area contributed by atoms with Crippen molar-refractivity contribution in [1.82, 2.24) is 24.5 Å². The third-order valence-corrected chi connectivity index (χ3v) is 6.28. The number of H-pyrrole nitrogens is 1. The van der Waals surface area contributed by atoms with Gasteiger partial charge in [-0.3, -0.25) is 19.7 Å². The summed E-state index contributed by atoms with van der Waals surface area (Å²) in [6.07, 6.45) is 3.82. The van der Waals surface area contributed by atoms with E-state index in [2.05, 4.69) is 10.1 Å². The Hall–Kier alpha value is -3.26. The van der Waals surface area contributed by atoms with Crippen LogP contribution in [-0.4, -0.2) is 36.9 Å². The minimum Gasteiger partial charge on any atom is -0.338 e. The van der Waals surface area contributed by atoms with Gasteiger partial charge in [-0.15, -0.1) is 11.3 Å². The molecule has 0 radical (unpaired) electrons. The number of pyridine rings is 1. The van der Waals surface area contributed by atoms with Gasteiger partial charge in [-0.25, -0.2) is 9.50 Å². The molecule has 0 aromatic carbocycles. The summed E-state index contributed by atoms with van der Waals surface area (Å²) in [6.45, 7) is 3.07. The first kappa shape index (κ1) is 17.8. The monoisotopic (exact) mass is 405 g/mol. The number of thiophene rings is 1.